The molecule has 0 unspecified atom stereocenters. The molecule has 0 spiro atoms. The van der Waals surface area contributed by atoms with Crippen LogP contribution in [0, 0.1) is 0 Å². The molecule has 5 nitrogen and oxygen atoms in total. The van der Waals surface area contributed by atoms with Crippen LogP contribution in [0.3, 0.4) is 0 Å². The first-order chi connectivity index (χ1) is 7.18. The molecule has 4 N–H and O–H groups in total. The molecule has 0 atom stereocenters. The van der Waals surface area contributed by atoms with E-state index in [1.807, 2.05) is 29.3 Å². The fraction of sp³-hybridized carbons (Fsp3) is 0.300. The Balaban J connectivity index is 2.31. The minimum atomic E-state index is 0.320. The zero-order valence-electron chi connectivity index (χ0n) is 8.86. The zero-order valence-corrected chi connectivity index (χ0v) is 8.86. The largest absolute Gasteiger partial charge is 0.399 e. The molecule has 0 aromatic heterocycles. The summed E-state index contributed by atoms with van der Waals surface area (Å²) in [5.41, 5.74) is 13.2. The van der Waals surface area contributed by atoms with Gasteiger partial charge in [-0.3, -0.25) is 5.01 Å². The first-order valence-electron chi connectivity index (χ1n) is 4.92. The normalized spacial score (nSPS) is 15.4. The number of nitrogens with two attached hydrogens (primary N) is 1. The van der Waals surface area contributed by atoms with Gasteiger partial charge in [0.15, 0.2) is 5.84 Å². The number of nitrogen functional groups attached to an aromatic ring is 1. The molecule has 0 saturated carbocycles. The van der Waals surface area contributed by atoms with Crippen molar-refractivity contribution in [1.82, 2.24) is 16.1 Å². The van der Waals surface area contributed by atoms with Crippen LogP contribution in [0.1, 0.15) is 19.4 Å². The lowest BCUT2D eigenvalue weighted by Crippen LogP contribution is -2.45. The lowest BCUT2D eigenvalue weighted by atomic mass is 10.1. The third-order valence-corrected chi connectivity index (χ3v) is 2.22. The Kier molecular flexibility index (Phi) is 2.47. The van der Waals surface area contributed by atoms with Gasteiger partial charge in [0.05, 0.1) is 0 Å². The number of hydrazine groups is 2. The number of amidine groups is 1. The molecule has 1 aliphatic heterocycles. The van der Waals surface area contributed by atoms with E-state index in [2.05, 4.69) is 30.0 Å². The Labute approximate surface area is 88.9 Å². The molecule has 5 heteroatoms. The molecule has 0 aliphatic carbocycles. The smallest absolute Gasteiger partial charge is 0.173 e. The number of hydrogen-bond donors (Lipinski definition) is 3. The monoisotopic (exact) mass is 205 g/mol. The van der Waals surface area contributed by atoms with Crippen LogP contribution in [-0.2, 0) is 0 Å². The molecular formula is C10H15N5. The second-order valence-corrected chi connectivity index (χ2v) is 3.75. The molecule has 1 aromatic rings. The lowest BCUT2D eigenvalue weighted by molar-refractivity contribution is 0.246. The highest BCUT2D eigenvalue weighted by Crippen LogP contribution is 2.12. The summed E-state index contributed by atoms with van der Waals surface area (Å²) in [7, 11) is 0. The maximum absolute atomic E-state index is 5.73. The van der Waals surface area contributed by atoms with Crippen molar-refractivity contribution in [3.05, 3.63) is 29.8 Å². The molecule has 0 saturated heterocycles. The van der Waals surface area contributed by atoms with Gasteiger partial charge in [-0.05, 0) is 26.0 Å². The molecule has 80 valence electrons. The molecule has 1 aliphatic rings. The standard InChI is InChI=1S/C10H15N5/c1-7(2)15-10(12-13-14-15)8-4-3-5-9(11)6-8/h3-7,13-14H,11H2,1-2H3. The van der Waals surface area contributed by atoms with Gasteiger partial charge in [0, 0.05) is 17.3 Å². The van der Waals surface area contributed by atoms with Crippen molar-refractivity contribution in [2.45, 2.75) is 19.9 Å². The Hall–Kier alpha value is -1.75. The predicted octanol–water partition coefficient (Wildman–Crippen LogP) is 0.664. The average Bonchev–Trinajstić information content (AvgIpc) is 2.65. The van der Waals surface area contributed by atoms with Crippen LogP contribution in [0.4, 0.5) is 5.69 Å². The summed E-state index contributed by atoms with van der Waals surface area (Å²) in [4.78, 5) is 0. The van der Waals surface area contributed by atoms with E-state index in [0.29, 0.717) is 6.04 Å². The summed E-state index contributed by atoms with van der Waals surface area (Å²) >= 11 is 0. The molecular weight excluding hydrogens is 190 g/mol. The zero-order chi connectivity index (χ0) is 10.8. The number of hydrazone groups is 1. The lowest BCUT2D eigenvalue weighted by Gasteiger charge is -2.23. The van der Waals surface area contributed by atoms with Crippen molar-refractivity contribution in [3.8, 4) is 0 Å². The van der Waals surface area contributed by atoms with Gasteiger partial charge in [-0.15, -0.1) is 10.6 Å². The maximum atomic E-state index is 5.73. The Morgan fingerprint density at radius 1 is 1.40 bits per heavy atom. The fourth-order valence-corrected chi connectivity index (χ4v) is 1.49. The molecule has 15 heavy (non-hydrogen) atoms. The third-order valence-electron chi connectivity index (χ3n) is 2.22. The quantitative estimate of drug-likeness (QED) is 0.621. The highest BCUT2D eigenvalue weighted by Gasteiger charge is 2.20. The number of anilines is 1. The van der Waals surface area contributed by atoms with Crippen LogP contribution in [0.2, 0.25) is 0 Å². The van der Waals surface area contributed by atoms with Crippen LogP contribution in [-0.4, -0.2) is 16.9 Å². The van der Waals surface area contributed by atoms with Gasteiger partial charge >= 0.3 is 0 Å². The molecule has 1 heterocycles. The number of nitrogens with zero attached hydrogens (tertiary/aromatic N) is 2. The van der Waals surface area contributed by atoms with Gasteiger partial charge in [-0.2, -0.15) is 0 Å². The van der Waals surface area contributed by atoms with E-state index in [1.165, 1.54) is 0 Å². The summed E-state index contributed by atoms with van der Waals surface area (Å²) in [5.74, 6) is 0.859. The highest BCUT2D eigenvalue weighted by atomic mass is 15.8. The van der Waals surface area contributed by atoms with E-state index in [9.17, 15) is 0 Å². The highest BCUT2D eigenvalue weighted by molar-refractivity contribution is 5.99. The van der Waals surface area contributed by atoms with Gasteiger partial charge in [-0.1, -0.05) is 12.1 Å². The minimum Gasteiger partial charge on any atom is -0.399 e. The third kappa shape index (κ3) is 1.87. The molecule has 2 rings (SSSR count). The number of rotatable bonds is 2. The van der Waals surface area contributed by atoms with Gasteiger partial charge in [0.25, 0.3) is 0 Å². The van der Waals surface area contributed by atoms with Crippen molar-refractivity contribution < 1.29 is 0 Å². The van der Waals surface area contributed by atoms with Crippen LogP contribution in [0.5, 0.6) is 0 Å². The number of nitrogens with one attached hydrogen (secondary N) is 2. The topological polar surface area (TPSA) is 65.7 Å². The van der Waals surface area contributed by atoms with Crippen molar-refractivity contribution in [1.29, 1.82) is 0 Å². The van der Waals surface area contributed by atoms with Crippen LogP contribution in [0.25, 0.3) is 0 Å². The van der Waals surface area contributed by atoms with E-state index in [1.54, 1.807) is 0 Å². The minimum absolute atomic E-state index is 0.320. The second-order valence-electron chi connectivity index (χ2n) is 3.75. The van der Waals surface area contributed by atoms with Gasteiger partial charge in [0.1, 0.15) is 0 Å². The molecule has 0 amide bonds. The Morgan fingerprint density at radius 3 is 2.87 bits per heavy atom. The summed E-state index contributed by atoms with van der Waals surface area (Å²) < 4.78 is 0. The molecule has 0 fully saturated rings. The fourth-order valence-electron chi connectivity index (χ4n) is 1.49. The average molecular weight is 205 g/mol. The Morgan fingerprint density at radius 2 is 2.20 bits per heavy atom. The Bertz CT molecular complexity index is 385. The van der Waals surface area contributed by atoms with E-state index in [-0.39, 0.29) is 0 Å². The van der Waals surface area contributed by atoms with Crippen molar-refractivity contribution in [3.63, 3.8) is 0 Å². The van der Waals surface area contributed by atoms with Gasteiger partial charge < -0.3 is 5.73 Å². The van der Waals surface area contributed by atoms with Crippen LogP contribution in [0.15, 0.2) is 29.4 Å². The second kappa shape index (κ2) is 3.78. The first kappa shape index (κ1) is 9.79. The van der Waals surface area contributed by atoms with Crippen molar-refractivity contribution in [2.24, 2.45) is 5.10 Å². The number of benzene rings is 1. The van der Waals surface area contributed by atoms with Crippen LogP contribution < -0.4 is 16.8 Å². The summed E-state index contributed by atoms with van der Waals surface area (Å²) in [5, 5.41) is 6.13. The van der Waals surface area contributed by atoms with Gasteiger partial charge in [-0.25, -0.2) is 5.53 Å². The SMILES string of the molecule is CC(C)N1NNN=C1c1cccc(N)c1. The van der Waals surface area contributed by atoms with E-state index in [0.717, 1.165) is 17.1 Å². The first-order valence-corrected chi connectivity index (χ1v) is 4.92. The summed E-state index contributed by atoms with van der Waals surface area (Å²) in [6.45, 7) is 4.17. The van der Waals surface area contributed by atoms with Crippen molar-refractivity contribution in [2.75, 3.05) is 5.73 Å². The number of hydrogen-bond acceptors (Lipinski definition) is 5. The summed E-state index contributed by atoms with van der Waals surface area (Å²) in [6.07, 6.45) is 0. The maximum Gasteiger partial charge on any atom is 0.173 e. The summed E-state index contributed by atoms with van der Waals surface area (Å²) in [6, 6.07) is 7.99. The van der Waals surface area contributed by atoms with E-state index >= 15 is 0 Å². The van der Waals surface area contributed by atoms with E-state index in [4.69, 9.17) is 5.73 Å². The molecule has 0 radical (unpaired) electrons. The van der Waals surface area contributed by atoms with Crippen molar-refractivity contribution >= 4 is 11.5 Å². The van der Waals surface area contributed by atoms with Gasteiger partial charge in [0.2, 0.25) is 0 Å². The molecule has 0 bridgehead atoms. The van der Waals surface area contributed by atoms with E-state index < -0.39 is 0 Å². The van der Waals surface area contributed by atoms with Crippen LogP contribution >= 0.6 is 0 Å². The predicted molar refractivity (Wildman–Crippen MR) is 60.6 cm³/mol. The molecule has 1 aromatic carbocycles.